The largest absolute Gasteiger partial charge is 0.465 e. The molecule has 0 aliphatic carbocycles. The van der Waals surface area contributed by atoms with Crippen molar-refractivity contribution in [2.75, 3.05) is 33.0 Å². The van der Waals surface area contributed by atoms with E-state index >= 15 is 0 Å². The summed E-state index contributed by atoms with van der Waals surface area (Å²) in [5.41, 5.74) is 5.33. The Labute approximate surface area is 239 Å². The van der Waals surface area contributed by atoms with Crippen LogP contribution < -0.4 is 4.74 Å². The molecule has 0 atom stereocenters. The van der Waals surface area contributed by atoms with Crippen molar-refractivity contribution in [1.29, 1.82) is 0 Å². The molecule has 0 saturated carbocycles. The maximum absolute atomic E-state index is 13.1. The molecule has 0 radical (unpaired) electrons. The van der Waals surface area contributed by atoms with Gasteiger partial charge in [0.15, 0.2) is 0 Å². The van der Waals surface area contributed by atoms with Crippen molar-refractivity contribution in [2.45, 2.75) is 13.5 Å². The quantitative estimate of drug-likeness (QED) is 0.100. The predicted octanol–water partition coefficient (Wildman–Crippen LogP) is 3.52. The first-order chi connectivity index (χ1) is 20.5. The molecule has 0 fully saturated rings. The molecule has 0 spiro atoms. The Hall–Kier alpha value is -4.73. The molecular weight excluding hydrogens is 546 g/mol. The molecule has 0 aliphatic rings. The van der Waals surface area contributed by atoms with Crippen LogP contribution in [-0.4, -0.2) is 85.0 Å². The van der Waals surface area contributed by atoms with Gasteiger partial charge in [0, 0.05) is 5.56 Å². The number of fused-ring (bicyclic) bond motifs is 1. The van der Waals surface area contributed by atoms with Crippen LogP contribution in [0.4, 0.5) is 0 Å². The van der Waals surface area contributed by atoms with Gasteiger partial charge in [-0.15, -0.1) is 10.2 Å². The Morgan fingerprint density at radius 1 is 0.952 bits per heavy atom. The van der Waals surface area contributed by atoms with E-state index in [2.05, 4.69) is 30.4 Å². The highest BCUT2D eigenvalue weighted by molar-refractivity contribution is 6.02. The smallest absolute Gasteiger partial charge is 0.340 e. The minimum Gasteiger partial charge on any atom is -0.465 e. The van der Waals surface area contributed by atoms with Gasteiger partial charge in [-0.05, 0) is 41.0 Å². The van der Waals surface area contributed by atoms with Crippen molar-refractivity contribution >= 4 is 17.0 Å². The van der Waals surface area contributed by atoms with Crippen LogP contribution in [0.1, 0.15) is 22.8 Å². The number of tetrazole rings is 1. The summed E-state index contributed by atoms with van der Waals surface area (Å²) in [4.78, 5) is 22.1. The molecule has 42 heavy (non-hydrogen) atoms. The molecule has 5 rings (SSSR count). The van der Waals surface area contributed by atoms with E-state index in [1.807, 2.05) is 66.1 Å². The Morgan fingerprint density at radius 2 is 1.74 bits per heavy atom. The zero-order valence-corrected chi connectivity index (χ0v) is 22.7. The van der Waals surface area contributed by atoms with E-state index in [9.17, 15) is 4.79 Å². The van der Waals surface area contributed by atoms with E-state index in [1.54, 1.807) is 12.1 Å². The number of carbonyl (C=O) groups is 1. The third kappa shape index (κ3) is 6.76. The van der Waals surface area contributed by atoms with Crippen LogP contribution in [0.3, 0.4) is 0 Å². The van der Waals surface area contributed by atoms with E-state index in [-0.39, 0.29) is 26.4 Å². The number of esters is 1. The second-order valence-electron chi connectivity index (χ2n) is 8.90. The monoisotopic (exact) mass is 575 g/mol. The predicted molar refractivity (Wildman–Crippen MR) is 148 cm³/mol. The van der Waals surface area contributed by atoms with Gasteiger partial charge in [-0.1, -0.05) is 54.6 Å². The van der Waals surface area contributed by atoms with Crippen molar-refractivity contribution in [2.24, 2.45) is 0 Å². The van der Waals surface area contributed by atoms with Gasteiger partial charge < -0.3 is 14.2 Å². The number of para-hydroxylation sites is 1. The average molecular weight is 576 g/mol. The van der Waals surface area contributed by atoms with E-state index in [0.717, 1.165) is 22.3 Å². The minimum atomic E-state index is -0.532. The molecule has 0 bridgehead atoms. The number of ether oxygens (including phenoxy) is 3. The number of H-pyrrole nitrogens is 1. The topological polar surface area (TPSA) is 170 Å². The van der Waals surface area contributed by atoms with Crippen molar-refractivity contribution in [3.63, 3.8) is 0 Å². The number of rotatable bonds is 14. The number of benzene rings is 3. The Kier molecular flexibility index (Phi) is 9.43. The van der Waals surface area contributed by atoms with Gasteiger partial charge >= 0.3 is 5.97 Å². The number of carbonyl (C=O) groups excluding carboxylic acids is 1. The maximum Gasteiger partial charge on any atom is 0.340 e. The molecule has 2 heterocycles. The van der Waals surface area contributed by atoms with Crippen molar-refractivity contribution < 1.29 is 34.3 Å². The number of imidazole rings is 1. The van der Waals surface area contributed by atoms with Crippen molar-refractivity contribution in [3.05, 3.63) is 77.9 Å². The maximum atomic E-state index is 13.1. The number of aromatic nitrogens is 6. The normalized spacial score (nSPS) is 11.3. The zero-order chi connectivity index (χ0) is 29.3. The third-order valence-corrected chi connectivity index (χ3v) is 6.24. The lowest BCUT2D eigenvalue weighted by Crippen LogP contribution is -2.19. The molecule has 0 unspecified atom stereocenters. The van der Waals surface area contributed by atoms with Crippen LogP contribution in [0.25, 0.3) is 33.5 Å². The number of hydrogen-bond acceptors (Lipinski definition) is 12. The molecule has 0 aliphatic heterocycles. The second kappa shape index (κ2) is 13.8. The average Bonchev–Trinajstić information content (AvgIpc) is 3.66. The van der Waals surface area contributed by atoms with Crippen molar-refractivity contribution in [3.8, 4) is 28.5 Å². The minimum absolute atomic E-state index is 0.00354. The summed E-state index contributed by atoms with van der Waals surface area (Å²) in [5, 5.41) is 31.0. The summed E-state index contributed by atoms with van der Waals surface area (Å²) in [6.45, 7) is 2.78. The second-order valence-corrected chi connectivity index (χ2v) is 8.90. The van der Waals surface area contributed by atoms with Crippen LogP contribution >= 0.6 is 0 Å². The van der Waals surface area contributed by atoms with Crippen LogP contribution in [0.5, 0.6) is 6.01 Å². The lowest BCUT2D eigenvalue weighted by Gasteiger charge is -2.13. The number of nitrogens with one attached hydrogen (secondary N) is 1. The Bertz CT molecular complexity index is 1610. The summed E-state index contributed by atoms with van der Waals surface area (Å²) in [6, 6.07) is 21.5. The zero-order valence-electron chi connectivity index (χ0n) is 22.7. The molecule has 3 N–H and O–H groups in total. The molecule has 14 heteroatoms. The highest BCUT2D eigenvalue weighted by Gasteiger charge is 2.20. The summed E-state index contributed by atoms with van der Waals surface area (Å²) < 4.78 is 18.4. The van der Waals surface area contributed by atoms with Gasteiger partial charge in [0.25, 0.3) is 6.01 Å². The standard InChI is InChI=1S/C28H29N7O7/c1-2-40-28-29-24-9-5-8-23(27(36)41-16-14-39-15-17-42-35(37)38)25(24)34(28)18-19-10-12-20(13-11-19)21-6-3-4-7-22(21)26-30-32-33-31-26/h3-13,37-38H,2,14-18H2,1H3,(H,30,31,32,33). The fourth-order valence-corrected chi connectivity index (χ4v) is 4.44. The SMILES string of the molecule is CCOc1nc2cccc(C(=O)OCCOCCON(O)O)c2n1Cc1ccc(-c2ccccc2-c2nn[nH]n2)cc1. The first-order valence-electron chi connectivity index (χ1n) is 13.1. The fourth-order valence-electron chi connectivity index (χ4n) is 4.44. The number of hydrogen-bond donors (Lipinski definition) is 3. The Morgan fingerprint density at radius 3 is 2.48 bits per heavy atom. The van der Waals surface area contributed by atoms with Gasteiger partial charge in [0.05, 0.1) is 55.0 Å². The van der Waals surface area contributed by atoms with E-state index in [0.29, 0.717) is 41.6 Å². The first-order valence-corrected chi connectivity index (χ1v) is 13.1. The molecule has 5 aromatic rings. The molecular formula is C28H29N7O7. The lowest BCUT2D eigenvalue weighted by molar-refractivity contribution is -0.493. The van der Waals surface area contributed by atoms with Gasteiger partial charge in [-0.3, -0.25) is 15.0 Å². The molecule has 0 amide bonds. The molecule has 218 valence electrons. The third-order valence-electron chi connectivity index (χ3n) is 6.24. The van der Waals surface area contributed by atoms with E-state index in [4.69, 9.17) is 24.6 Å². The number of nitrogens with zero attached hydrogens (tertiary/aromatic N) is 6. The van der Waals surface area contributed by atoms with Crippen LogP contribution in [0.15, 0.2) is 66.7 Å². The Balaban J connectivity index is 1.35. The summed E-state index contributed by atoms with van der Waals surface area (Å²) in [6.07, 6.45) is 0. The van der Waals surface area contributed by atoms with Crippen LogP contribution in [-0.2, 0) is 20.9 Å². The van der Waals surface area contributed by atoms with Crippen molar-refractivity contribution in [1.82, 2.24) is 35.6 Å². The van der Waals surface area contributed by atoms with Gasteiger partial charge in [-0.2, -0.15) is 10.2 Å². The van der Waals surface area contributed by atoms with Crippen LogP contribution in [0.2, 0.25) is 0 Å². The highest BCUT2D eigenvalue weighted by atomic mass is 17.1. The highest BCUT2D eigenvalue weighted by Crippen LogP contribution is 2.31. The molecule has 14 nitrogen and oxygen atoms in total. The summed E-state index contributed by atoms with van der Waals surface area (Å²) >= 11 is 0. The van der Waals surface area contributed by atoms with Crippen LogP contribution in [0, 0.1) is 0 Å². The molecule has 3 aromatic carbocycles. The van der Waals surface area contributed by atoms with E-state index < -0.39 is 11.4 Å². The van der Waals surface area contributed by atoms with E-state index in [1.165, 1.54) is 0 Å². The lowest BCUT2D eigenvalue weighted by atomic mass is 9.98. The first kappa shape index (κ1) is 28.8. The van der Waals surface area contributed by atoms with Gasteiger partial charge in [0.1, 0.15) is 6.61 Å². The molecule has 0 saturated heterocycles. The molecule has 2 aromatic heterocycles. The number of aromatic amines is 1. The summed E-state index contributed by atoms with van der Waals surface area (Å²) in [5.74, 6) is -0.0180. The summed E-state index contributed by atoms with van der Waals surface area (Å²) in [7, 11) is 0. The fraction of sp³-hybridized carbons (Fsp3) is 0.250. The van der Waals surface area contributed by atoms with Gasteiger partial charge in [0.2, 0.25) is 5.82 Å². The van der Waals surface area contributed by atoms with Gasteiger partial charge in [-0.25, -0.2) is 9.63 Å².